The third-order valence-electron chi connectivity index (χ3n) is 6.38. The van der Waals surface area contributed by atoms with Gasteiger partial charge in [0.25, 0.3) is 0 Å². The maximum atomic E-state index is 9.40. The molecule has 8 heteroatoms. The van der Waals surface area contributed by atoms with Crippen molar-refractivity contribution < 1.29 is 0 Å². The van der Waals surface area contributed by atoms with E-state index in [0.717, 1.165) is 48.5 Å². The van der Waals surface area contributed by atoms with Gasteiger partial charge < -0.3 is 15.5 Å². The monoisotopic (exact) mass is 448 g/mol. The highest BCUT2D eigenvalue weighted by molar-refractivity contribution is 5.94. The fourth-order valence-corrected chi connectivity index (χ4v) is 4.49. The van der Waals surface area contributed by atoms with Crippen LogP contribution < -0.4 is 15.5 Å². The Morgan fingerprint density at radius 2 is 1.91 bits per heavy atom. The SMILES string of the molecule is N#Cc1ccccc1Nc1cc(-c2nc(N3CCNCC3)c3c(C4CC4)cncc3n2)ccn1. The minimum Gasteiger partial charge on any atom is -0.353 e. The first-order valence-corrected chi connectivity index (χ1v) is 11.6. The summed E-state index contributed by atoms with van der Waals surface area (Å²) in [5.74, 6) is 2.84. The van der Waals surface area contributed by atoms with Crippen molar-refractivity contribution in [3.8, 4) is 17.5 Å². The quantitative estimate of drug-likeness (QED) is 0.472. The number of hydrogen-bond acceptors (Lipinski definition) is 8. The molecular weight excluding hydrogens is 424 g/mol. The lowest BCUT2D eigenvalue weighted by Crippen LogP contribution is -2.44. The summed E-state index contributed by atoms with van der Waals surface area (Å²) in [6, 6.07) is 13.4. The smallest absolute Gasteiger partial charge is 0.162 e. The van der Waals surface area contributed by atoms with Crippen LogP contribution in [-0.2, 0) is 0 Å². The van der Waals surface area contributed by atoms with Crippen LogP contribution in [0.25, 0.3) is 22.3 Å². The first kappa shape index (κ1) is 20.5. The third kappa shape index (κ3) is 3.91. The van der Waals surface area contributed by atoms with Gasteiger partial charge in [0.05, 0.1) is 23.0 Å². The van der Waals surface area contributed by atoms with Crippen LogP contribution in [0.4, 0.5) is 17.3 Å². The van der Waals surface area contributed by atoms with Gasteiger partial charge in [0, 0.05) is 49.5 Å². The fraction of sp³-hybridized carbons (Fsp3) is 0.269. The summed E-state index contributed by atoms with van der Waals surface area (Å²) in [6.45, 7) is 3.69. The predicted octanol–water partition coefficient (Wildman–Crippen LogP) is 3.99. The molecule has 0 unspecified atom stereocenters. The van der Waals surface area contributed by atoms with Crippen molar-refractivity contribution in [3.63, 3.8) is 0 Å². The number of piperazine rings is 1. The zero-order valence-corrected chi connectivity index (χ0v) is 18.7. The van der Waals surface area contributed by atoms with Crippen molar-refractivity contribution >= 4 is 28.2 Å². The lowest BCUT2D eigenvalue weighted by molar-refractivity contribution is 0.586. The second-order valence-corrected chi connectivity index (χ2v) is 8.72. The van der Waals surface area contributed by atoms with Crippen LogP contribution in [0.3, 0.4) is 0 Å². The van der Waals surface area contributed by atoms with E-state index in [9.17, 15) is 5.26 Å². The average molecular weight is 449 g/mol. The summed E-state index contributed by atoms with van der Waals surface area (Å²) in [5, 5.41) is 17.2. The van der Waals surface area contributed by atoms with E-state index >= 15 is 0 Å². The molecule has 0 spiro atoms. The number of nitrogens with zero attached hydrogens (tertiary/aromatic N) is 6. The zero-order chi connectivity index (χ0) is 22.9. The Hall–Kier alpha value is -4.09. The van der Waals surface area contributed by atoms with Crippen LogP contribution in [0.1, 0.15) is 29.9 Å². The number of nitriles is 1. The first-order valence-electron chi connectivity index (χ1n) is 11.6. The highest BCUT2D eigenvalue weighted by atomic mass is 15.2. The number of rotatable bonds is 5. The fourth-order valence-electron chi connectivity index (χ4n) is 4.49. The molecule has 1 aliphatic carbocycles. The van der Waals surface area contributed by atoms with Crippen LogP contribution >= 0.6 is 0 Å². The van der Waals surface area contributed by atoms with Gasteiger partial charge in [-0.25, -0.2) is 15.0 Å². The maximum Gasteiger partial charge on any atom is 0.162 e. The molecule has 3 aromatic heterocycles. The molecule has 4 heterocycles. The minimum absolute atomic E-state index is 0.559. The van der Waals surface area contributed by atoms with Crippen molar-refractivity contribution in [2.75, 3.05) is 36.4 Å². The molecule has 1 aromatic carbocycles. The van der Waals surface area contributed by atoms with E-state index in [-0.39, 0.29) is 0 Å². The third-order valence-corrected chi connectivity index (χ3v) is 6.38. The van der Waals surface area contributed by atoms with Gasteiger partial charge in [-0.1, -0.05) is 12.1 Å². The molecular formula is C26H24N8. The van der Waals surface area contributed by atoms with Gasteiger partial charge in [0.1, 0.15) is 17.7 Å². The molecule has 4 aromatic rings. The van der Waals surface area contributed by atoms with Crippen molar-refractivity contribution in [2.45, 2.75) is 18.8 Å². The Morgan fingerprint density at radius 1 is 1.06 bits per heavy atom. The molecule has 1 saturated carbocycles. The summed E-state index contributed by atoms with van der Waals surface area (Å²) < 4.78 is 0. The predicted molar refractivity (Wildman–Crippen MR) is 132 cm³/mol. The molecule has 1 aliphatic heterocycles. The molecule has 2 N–H and O–H groups in total. The largest absolute Gasteiger partial charge is 0.353 e. The summed E-state index contributed by atoms with van der Waals surface area (Å²) in [6.07, 6.45) is 7.99. The Morgan fingerprint density at radius 3 is 2.74 bits per heavy atom. The number of pyridine rings is 2. The van der Waals surface area contributed by atoms with E-state index in [1.807, 2.05) is 42.7 Å². The average Bonchev–Trinajstić information content (AvgIpc) is 3.74. The van der Waals surface area contributed by atoms with E-state index < -0.39 is 0 Å². The van der Waals surface area contributed by atoms with Gasteiger partial charge >= 0.3 is 0 Å². The van der Waals surface area contributed by atoms with Gasteiger partial charge in [-0.15, -0.1) is 0 Å². The molecule has 168 valence electrons. The van der Waals surface area contributed by atoms with E-state index in [0.29, 0.717) is 28.8 Å². The first-order chi connectivity index (χ1) is 16.8. The van der Waals surface area contributed by atoms with Crippen LogP contribution in [0.2, 0.25) is 0 Å². The Bertz CT molecular complexity index is 1400. The zero-order valence-electron chi connectivity index (χ0n) is 18.7. The van der Waals surface area contributed by atoms with Gasteiger partial charge in [-0.2, -0.15) is 5.26 Å². The minimum atomic E-state index is 0.559. The van der Waals surface area contributed by atoms with Crippen molar-refractivity contribution in [1.82, 2.24) is 25.3 Å². The topological polar surface area (TPSA) is 103 Å². The molecule has 34 heavy (non-hydrogen) atoms. The van der Waals surface area contributed by atoms with Crippen molar-refractivity contribution in [1.29, 1.82) is 5.26 Å². The van der Waals surface area contributed by atoms with E-state index in [2.05, 4.69) is 31.6 Å². The Balaban J connectivity index is 1.44. The highest BCUT2D eigenvalue weighted by Crippen LogP contribution is 2.44. The van der Waals surface area contributed by atoms with Crippen LogP contribution in [0.15, 0.2) is 55.0 Å². The highest BCUT2D eigenvalue weighted by Gasteiger charge is 2.29. The number of anilines is 3. The number of hydrogen-bond donors (Lipinski definition) is 2. The Labute approximate surface area is 197 Å². The van der Waals surface area contributed by atoms with Gasteiger partial charge in [-0.05, 0) is 48.6 Å². The van der Waals surface area contributed by atoms with Gasteiger partial charge in [0.15, 0.2) is 5.82 Å². The molecule has 1 saturated heterocycles. The molecule has 2 aliphatic rings. The van der Waals surface area contributed by atoms with Crippen LogP contribution in [0.5, 0.6) is 0 Å². The lowest BCUT2D eigenvalue weighted by atomic mass is 10.1. The number of fused-ring (bicyclic) bond motifs is 1. The molecule has 0 radical (unpaired) electrons. The standard InChI is InChI=1S/C26H24N8/c27-14-19-3-1-2-4-21(19)31-23-13-18(7-8-30-23)25-32-22-16-29-15-20(17-5-6-17)24(22)26(33-25)34-11-9-28-10-12-34/h1-4,7-8,13,15-17,28H,5-6,9-12H2,(H,30,31). The molecule has 2 fully saturated rings. The van der Waals surface area contributed by atoms with Crippen LogP contribution in [-0.4, -0.2) is 46.1 Å². The maximum absolute atomic E-state index is 9.40. The van der Waals surface area contributed by atoms with Crippen molar-refractivity contribution in [3.05, 3.63) is 66.1 Å². The lowest BCUT2D eigenvalue weighted by Gasteiger charge is -2.30. The molecule has 0 bridgehead atoms. The van der Waals surface area contributed by atoms with Crippen molar-refractivity contribution in [2.24, 2.45) is 0 Å². The van der Waals surface area contributed by atoms with Gasteiger partial charge in [-0.3, -0.25) is 4.98 Å². The number of aromatic nitrogens is 4. The Kier molecular flexibility index (Phi) is 5.24. The number of para-hydroxylation sites is 1. The van der Waals surface area contributed by atoms with Crippen LogP contribution in [0, 0.1) is 11.3 Å². The molecule has 0 atom stereocenters. The number of benzene rings is 1. The van der Waals surface area contributed by atoms with Gasteiger partial charge in [0.2, 0.25) is 0 Å². The van der Waals surface area contributed by atoms with E-state index in [4.69, 9.17) is 9.97 Å². The van der Waals surface area contributed by atoms with E-state index in [1.165, 1.54) is 18.4 Å². The molecule has 0 amide bonds. The number of nitrogens with one attached hydrogen (secondary N) is 2. The summed E-state index contributed by atoms with van der Waals surface area (Å²) in [7, 11) is 0. The summed E-state index contributed by atoms with van der Waals surface area (Å²) >= 11 is 0. The second kappa shape index (κ2) is 8.69. The summed E-state index contributed by atoms with van der Waals surface area (Å²) in [4.78, 5) is 21.3. The normalized spacial score (nSPS) is 15.8. The molecule has 6 rings (SSSR count). The second-order valence-electron chi connectivity index (χ2n) is 8.72. The van der Waals surface area contributed by atoms with E-state index in [1.54, 1.807) is 12.3 Å². The molecule has 8 nitrogen and oxygen atoms in total. The summed E-state index contributed by atoms with van der Waals surface area (Å²) in [5.41, 5.74) is 4.29.